The van der Waals surface area contributed by atoms with Crippen LogP contribution in [0.25, 0.3) is 0 Å². The molecule has 25 heavy (non-hydrogen) atoms. The second kappa shape index (κ2) is 8.50. The number of hydrogen-bond acceptors (Lipinski definition) is 6. The van der Waals surface area contributed by atoms with Crippen LogP contribution in [0, 0.1) is 0 Å². The van der Waals surface area contributed by atoms with Gasteiger partial charge in [0.15, 0.2) is 0 Å². The highest BCUT2D eigenvalue weighted by atomic mass is 32.2. The fourth-order valence-electron chi connectivity index (χ4n) is 2.34. The first-order valence-electron chi connectivity index (χ1n) is 7.98. The summed E-state index contributed by atoms with van der Waals surface area (Å²) < 4.78 is 30.7. The fourth-order valence-corrected chi connectivity index (χ4v) is 4.50. The maximum Gasteiger partial charge on any atom is 0.265 e. The Hall–Kier alpha value is -1.84. The quantitative estimate of drug-likeness (QED) is 0.726. The van der Waals surface area contributed by atoms with Crippen LogP contribution in [0.5, 0.6) is 0 Å². The van der Waals surface area contributed by atoms with Crippen molar-refractivity contribution in [3.05, 3.63) is 46.0 Å². The van der Waals surface area contributed by atoms with Crippen molar-refractivity contribution in [2.45, 2.75) is 45.5 Å². The first-order chi connectivity index (χ1) is 11.8. The van der Waals surface area contributed by atoms with Gasteiger partial charge in [-0.15, -0.1) is 5.10 Å². The molecule has 0 aliphatic heterocycles. The van der Waals surface area contributed by atoms with Crippen molar-refractivity contribution in [3.8, 4) is 0 Å². The number of aromatic nitrogens is 2. The number of carbonyl (C=O) groups is 1. The van der Waals surface area contributed by atoms with Crippen molar-refractivity contribution in [2.24, 2.45) is 0 Å². The summed E-state index contributed by atoms with van der Waals surface area (Å²) in [6.07, 6.45) is 0.634. The lowest BCUT2D eigenvalue weighted by atomic mass is 10.1. The molecule has 2 aromatic rings. The largest absolute Gasteiger partial charge is 0.347 e. The molecule has 0 aliphatic carbocycles. The minimum absolute atomic E-state index is 0.125. The Bertz CT molecular complexity index is 831. The first-order valence-corrected chi connectivity index (χ1v) is 10.4. The van der Waals surface area contributed by atoms with E-state index in [1.165, 1.54) is 0 Å². The van der Waals surface area contributed by atoms with E-state index in [0.29, 0.717) is 22.6 Å². The van der Waals surface area contributed by atoms with Crippen molar-refractivity contribution >= 4 is 27.5 Å². The first kappa shape index (κ1) is 19.5. The van der Waals surface area contributed by atoms with Gasteiger partial charge in [0.25, 0.3) is 5.91 Å². The smallest absolute Gasteiger partial charge is 0.265 e. The molecule has 0 fully saturated rings. The second-order valence-electron chi connectivity index (χ2n) is 5.89. The summed E-state index contributed by atoms with van der Waals surface area (Å²) in [5.74, 6) is -0.371. The molecule has 0 atom stereocenters. The van der Waals surface area contributed by atoms with E-state index in [1.54, 1.807) is 26.0 Å². The zero-order valence-electron chi connectivity index (χ0n) is 14.4. The van der Waals surface area contributed by atoms with Gasteiger partial charge in [0.1, 0.15) is 4.88 Å². The third-order valence-electron chi connectivity index (χ3n) is 3.42. The maximum absolute atomic E-state index is 12.3. The highest BCUT2D eigenvalue weighted by Crippen LogP contribution is 2.14. The number of hydrogen-bond donors (Lipinski definition) is 2. The minimum Gasteiger partial charge on any atom is -0.347 e. The van der Waals surface area contributed by atoms with Crippen LogP contribution in [-0.2, 0) is 28.7 Å². The highest BCUT2D eigenvalue weighted by Gasteiger charge is 2.17. The number of nitrogens with one attached hydrogen (secondary N) is 2. The van der Waals surface area contributed by atoms with Crippen LogP contribution in [0.2, 0.25) is 0 Å². The molecule has 1 amide bonds. The Labute approximate surface area is 152 Å². The van der Waals surface area contributed by atoms with Crippen LogP contribution < -0.4 is 10.0 Å². The zero-order chi connectivity index (χ0) is 18.4. The van der Waals surface area contributed by atoms with Gasteiger partial charge in [-0.1, -0.05) is 35.7 Å². The number of sulfonamides is 1. The Morgan fingerprint density at radius 3 is 2.56 bits per heavy atom. The summed E-state index contributed by atoms with van der Waals surface area (Å²) in [5.41, 5.74) is 2.09. The molecular weight excluding hydrogens is 360 g/mol. The lowest BCUT2D eigenvalue weighted by molar-refractivity contribution is 0.0954. The molecule has 0 unspecified atom stereocenters. The number of rotatable bonds is 8. The summed E-state index contributed by atoms with van der Waals surface area (Å²) in [6.45, 7) is 5.71. The molecule has 0 saturated carbocycles. The molecule has 2 rings (SSSR count). The van der Waals surface area contributed by atoms with E-state index in [0.717, 1.165) is 17.1 Å². The van der Waals surface area contributed by atoms with Crippen molar-refractivity contribution in [3.63, 3.8) is 0 Å². The van der Waals surface area contributed by atoms with Gasteiger partial charge >= 0.3 is 0 Å². The van der Waals surface area contributed by atoms with E-state index in [9.17, 15) is 13.2 Å². The third-order valence-corrected chi connectivity index (χ3v) is 5.70. The number of aryl methyl sites for hydroxylation is 1. The van der Waals surface area contributed by atoms with Crippen LogP contribution in [0.15, 0.2) is 24.3 Å². The second-order valence-corrected chi connectivity index (χ2v) is 8.39. The molecule has 0 saturated heterocycles. The van der Waals surface area contributed by atoms with Crippen molar-refractivity contribution in [2.75, 3.05) is 0 Å². The van der Waals surface area contributed by atoms with Gasteiger partial charge in [-0.25, -0.2) is 13.1 Å². The van der Waals surface area contributed by atoms with E-state index in [1.807, 2.05) is 19.1 Å². The molecule has 0 bridgehead atoms. The molecule has 1 aromatic heterocycles. The van der Waals surface area contributed by atoms with Crippen LogP contribution >= 0.6 is 11.5 Å². The number of benzene rings is 1. The lowest BCUT2D eigenvalue weighted by Crippen LogP contribution is -2.32. The van der Waals surface area contributed by atoms with E-state index < -0.39 is 10.0 Å². The number of carbonyl (C=O) groups excluding carboxylic acids is 1. The van der Waals surface area contributed by atoms with Crippen LogP contribution in [0.1, 0.15) is 47.3 Å². The average molecular weight is 383 g/mol. The van der Waals surface area contributed by atoms with E-state index in [4.69, 9.17) is 0 Å². The third kappa shape index (κ3) is 5.58. The number of nitrogens with zero attached hydrogens (tertiary/aromatic N) is 2. The van der Waals surface area contributed by atoms with Gasteiger partial charge in [-0.3, -0.25) is 4.79 Å². The molecular formula is C16H22N4O3S2. The van der Waals surface area contributed by atoms with Crippen molar-refractivity contribution in [1.29, 1.82) is 0 Å². The molecule has 9 heteroatoms. The highest BCUT2D eigenvalue weighted by molar-refractivity contribution is 7.88. The Morgan fingerprint density at radius 1 is 1.24 bits per heavy atom. The van der Waals surface area contributed by atoms with Gasteiger partial charge < -0.3 is 5.32 Å². The zero-order valence-corrected chi connectivity index (χ0v) is 16.1. The monoisotopic (exact) mass is 382 g/mol. The van der Waals surface area contributed by atoms with Gasteiger partial charge in [0.2, 0.25) is 10.0 Å². The standard InChI is InChI=1S/C16H22N4O3S2/c1-4-14-15(24-20-18-14)16(21)17-9-12-7-5-6-8-13(12)10-25(22,23)19-11(2)3/h5-8,11,19H,4,9-10H2,1-3H3,(H,17,21). The lowest BCUT2D eigenvalue weighted by Gasteiger charge is -2.13. The topological polar surface area (TPSA) is 101 Å². The fraction of sp³-hybridized carbons (Fsp3) is 0.438. The Balaban J connectivity index is 2.09. The van der Waals surface area contributed by atoms with E-state index in [-0.39, 0.29) is 24.2 Å². The SMILES string of the molecule is CCc1nnsc1C(=O)NCc1ccccc1CS(=O)(=O)NC(C)C. The van der Waals surface area contributed by atoms with Gasteiger partial charge in [0.05, 0.1) is 11.4 Å². The van der Waals surface area contributed by atoms with E-state index >= 15 is 0 Å². The Kier molecular flexibility index (Phi) is 6.63. The van der Waals surface area contributed by atoms with Crippen LogP contribution in [0.4, 0.5) is 0 Å². The molecule has 1 heterocycles. The van der Waals surface area contributed by atoms with Crippen molar-refractivity contribution < 1.29 is 13.2 Å². The molecule has 0 aliphatic rings. The molecule has 136 valence electrons. The molecule has 0 spiro atoms. The summed E-state index contributed by atoms with van der Waals surface area (Å²) >= 11 is 1.06. The van der Waals surface area contributed by atoms with Crippen molar-refractivity contribution in [1.82, 2.24) is 19.6 Å². The summed E-state index contributed by atoms with van der Waals surface area (Å²) in [5, 5.41) is 6.74. The molecule has 0 radical (unpaired) electrons. The predicted octanol–water partition coefficient (Wildman–Crippen LogP) is 1.86. The summed E-state index contributed by atoms with van der Waals surface area (Å²) in [4.78, 5) is 12.8. The van der Waals surface area contributed by atoms with Crippen LogP contribution in [0.3, 0.4) is 0 Å². The summed E-state index contributed by atoms with van der Waals surface area (Å²) in [6, 6.07) is 7.01. The molecule has 7 nitrogen and oxygen atoms in total. The predicted molar refractivity (Wildman–Crippen MR) is 97.8 cm³/mol. The normalized spacial score (nSPS) is 11.7. The molecule has 1 aromatic carbocycles. The summed E-state index contributed by atoms with van der Waals surface area (Å²) in [7, 11) is -3.43. The average Bonchev–Trinajstić information content (AvgIpc) is 3.00. The van der Waals surface area contributed by atoms with Gasteiger partial charge in [0, 0.05) is 12.6 Å². The molecule has 2 N–H and O–H groups in total. The minimum atomic E-state index is -3.43. The number of amides is 1. The maximum atomic E-state index is 12.3. The van der Waals surface area contributed by atoms with Gasteiger partial charge in [-0.2, -0.15) is 0 Å². The Morgan fingerprint density at radius 2 is 1.92 bits per heavy atom. The van der Waals surface area contributed by atoms with E-state index in [2.05, 4.69) is 19.6 Å². The van der Waals surface area contributed by atoms with Gasteiger partial charge in [-0.05, 0) is 42.9 Å². The van der Waals surface area contributed by atoms with Crippen LogP contribution in [-0.4, -0.2) is 30.0 Å².